The largest absolute Gasteiger partial charge is 0.487 e. The smallest absolute Gasteiger partial charge is 0.307 e. The van der Waals surface area contributed by atoms with Crippen molar-refractivity contribution in [1.29, 1.82) is 5.26 Å². The van der Waals surface area contributed by atoms with Crippen LogP contribution in [0.2, 0.25) is 0 Å². The van der Waals surface area contributed by atoms with Crippen LogP contribution in [0.4, 0.5) is 0 Å². The number of imidazole rings is 1. The van der Waals surface area contributed by atoms with Crippen LogP contribution < -0.4 is 4.74 Å². The molecule has 4 aromatic rings. The third kappa shape index (κ3) is 4.76. The van der Waals surface area contributed by atoms with Gasteiger partial charge in [0, 0.05) is 31.8 Å². The number of nitrogens with zero attached hydrogens (tertiary/aromatic N) is 5. The van der Waals surface area contributed by atoms with E-state index in [2.05, 4.69) is 15.7 Å². The molecule has 1 unspecified atom stereocenters. The predicted molar refractivity (Wildman–Crippen MR) is 130 cm³/mol. The molecule has 0 saturated heterocycles. The Morgan fingerprint density at radius 1 is 1.20 bits per heavy atom. The van der Waals surface area contributed by atoms with Gasteiger partial charge in [0.1, 0.15) is 18.2 Å². The molecule has 2 atom stereocenters. The van der Waals surface area contributed by atoms with Crippen molar-refractivity contribution >= 4 is 17.0 Å². The molecule has 1 aliphatic carbocycles. The van der Waals surface area contributed by atoms with E-state index in [1.165, 1.54) is 0 Å². The molecule has 2 aromatic carbocycles. The van der Waals surface area contributed by atoms with Crippen LogP contribution in [0.1, 0.15) is 54.2 Å². The Hall–Kier alpha value is -4.12. The van der Waals surface area contributed by atoms with E-state index in [-0.39, 0.29) is 5.92 Å². The Kier molecular flexibility index (Phi) is 6.23. The van der Waals surface area contributed by atoms with Gasteiger partial charge in [-0.05, 0) is 48.7 Å². The van der Waals surface area contributed by atoms with Gasteiger partial charge in [-0.3, -0.25) is 9.48 Å². The Labute approximate surface area is 203 Å². The van der Waals surface area contributed by atoms with Crippen LogP contribution in [0.5, 0.6) is 5.75 Å². The lowest BCUT2D eigenvalue weighted by Gasteiger charge is -2.28. The summed E-state index contributed by atoms with van der Waals surface area (Å²) in [5, 5.41) is 23.6. The van der Waals surface area contributed by atoms with Crippen molar-refractivity contribution in [3.05, 3.63) is 77.4 Å². The number of fused-ring (bicyclic) bond motifs is 1. The second-order valence-electron chi connectivity index (χ2n) is 9.12. The molecule has 0 spiro atoms. The van der Waals surface area contributed by atoms with Gasteiger partial charge in [-0.1, -0.05) is 25.0 Å². The number of ether oxygens (including phenoxy) is 1. The number of hydrogen-bond donors (Lipinski definition) is 1. The minimum Gasteiger partial charge on any atom is -0.487 e. The highest BCUT2D eigenvalue weighted by Crippen LogP contribution is 2.39. The van der Waals surface area contributed by atoms with E-state index in [1.807, 2.05) is 55.7 Å². The first-order valence-corrected chi connectivity index (χ1v) is 11.8. The molecule has 8 heteroatoms. The molecule has 5 rings (SSSR count). The van der Waals surface area contributed by atoms with Gasteiger partial charge in [0.25, 0.3) is 0 Å². The van der Waals surface area contributed by atoms with Gasteiger partial charge in [-0.25, -0.2) is 4.98 Å². The van der Waals surface area contributed by atoms with E-state index in [9.17, 15) is 15.2 Å². The van der Waals surface area contributed by atoms with Gasteiger partial charge in [0.05, 0.1) is 34.3 Å². The zero-order valence-electron chi connectivity index (χ0n) is 19.6. The summed E-state index contributed by atoms with van der Waals surface area (Å²) in [4.78, 5) is 17.0. The van der Waals surface area contributed by atoms with Crippen molar-refractivity contribution in [2.45, 2.75) is 44.8 Å². The molecule has 35 heavy (non-hydrogen) atoms. The fourth-order valence-corrected chi connectivity index (χ4v) is 5.01. The highest BCUT2D eigenvalue weighted by atomic mass is 16.5. The SMILES string of the molecule is Cn1ccc(COc2ccc3nc([C@H]4CCCCC4C(=O)O)n(Cc4cccc(C#N)c4)c3c2)n1. The maximum absolute atomic E-state index is 12.1. The van der Waals surface area contributed by atoms with E-state index in [4.69, 9.17) is 9.72 Å². The third-order valence-electron chi connectivity index (χ3n) is 6.72. The summed E-state index contributed by atoms with van der Waals surface area (Å²) < 4.78 is 9.86. The number of benzene rings is 2. The van der Waals surface area contributed by atoms with Crippen molar-refractivity contribution in [3.8, 4) is 11.8 Å². The van der Waals surface area contributed by atoms with Crippen molar-refractivity contribution in [3.63, 3.8) is 0 Å². The first-order chi connectivity index (χ1) is 17.0. The van der Waals surface area contributed by atoms with Gasteiger partial charge in [-0.15, -0.1) is 0 Å². The topological polar surface area (TPSA) is 106 Å². The Morgan fingerprint density at radius 3 is 2.83 bits per heavy atom. The number of carboxylic acid groups (broad SMARTS) is 1. The predicted octanol–water partition coefficient (Wildman–Crippen LogP) is 4.63. The van der Waals surface area contributed by atoms with Crippen LogP contribution >= 0.6 is 0 Å². The molecule has 2 heterocycles. The molecule has 0 aliphatic heterocycles. The molecule has 1 N–H and O–H groups in total. The van der Waals surface area contributed by atoms with Crippen molar-refractivity contribution in [1.82, 2.24) is 19.3 Å². The van der Waals surface area contributed by atoms with Gasteiger partial charge in [-0.2, -0.15) is 10.4 Å². The summed E-state index contributed by atoms with van der Waals surface area (Å²) in [5.41, 5.74) is 4.08. The molecule has 1 aliphatic rings. The van der Waals surface area contributed by atoms with Gasteiger partial charge >= 0.3 is 5.97 Å². The molecular formula is C27H27N5O3. The first-order valence-electron chi connectivity index (χ1n) is 11.8. The number of carboxylic acids is 1. The lowest BCUT2D eigenvalue weighted by atomic mass is 9.78. The Morgan fingerprint density at radius 2 is 2.06 bits per heavy atom. The quantitative estimate of drug-likeness (QED) is 0.423. The van der Waals surface area contributed by atoms with Crippen LogP contribution in [-0.4, -0.2) is 30.4 Å². The minimum absolute atomic E-state index is 0.161. The minimum atomic E-state index is -0.765. The molecule has 2 aromatic heterocycles. The maximum atomic E-state index is 12.1. The number of carbonyl (C=O) groups is 1. The zero-order chi connectivity index (χ0) is 24.4. The molecule has 1 saturated carbocycles. The normalized spacial score (nSPS) is 17.8. The van der Waals surface area contributed by atoms with Crippen LogP contribution in [0.25, 0.3) is 11.0 Å². The lowest BCUT2D eigenvalue weighted by Crippen LogP contribution is -2.27. The third-order valence-corrected chi connectivity index (χ3v) is 6.72. The first kappa shape index (κ1) is 22.7. The summed E-state index contributed by atoms with van der Waals surface area (Å²) in [6.07, 6.45) is 5.23. The summed E-state index contributed by atoms with van der Waals surface area (Å²) >= 11 is 0. The fourth-order valence-electron chi connectivity index (χ4n) is 5.01. The average molecular weight is 470 g/mol. The van der Waals surface area contributed by atoms with Crippen molar-refractivity contribution < 1.29 is 14.6 Å². The van der Waals surface area contributed by atoms with Gasteiger partial charge in [0.2, 0.25) is 0 Å². The maximum Gasteiger partial charge on any atom is 0.307 e. The zero-order valence-corrected chi connectivity index (χ0v) is 19.6. The number of hydrogen-bond acceptors (Lipinski definition) is 5. The number of nitriles is 1. The van der Waals surface area contributed by atoms with Crippen molar-refractivity contribution in [2.75, 3.05) is 0 Å². The van der Waals surface area contributed by atoms with E-state index >= 15 is 0 Å². The van der Waals surface area contributed by atoms with E-state index < -0.39 is 11.9 Å². The summed E-state index contributed by atoms with van der Waals surface area (Å²) in [7, 11) is 1.87. The molecule has 8 nitrogen and oxygen atoms in total. The van der Waals surface area contributed by atoms with Crippen LogP contribution in [0.3, 0.4) is 0 Å². The highest BCUT2D eigenvalue weighted by Gasteiger charge is 2.35. The Balaban J connectivity index is 1.55. The molecule has 178 valence electrons. The second kappa shape index (κ2) is 9.63. The molecule has 0 radical (unpaired) electrons. The standard InChI is InChI=1S/C27H27N5O3/c1-31-12-11-20(30-31)17-35-21-9-10-24-25(14-21)32(16-19-6-4-5-18(13-19)15-28)26(29-24)22-7-2-3-8-23(22)27(33)34/h4-6,9-14,22-23H,2-3,7-8,16-17H2,1H3,(H,33,34)/t22-,23?/m0/s1. The number of aryl methyl sites for hydroxylation is 1. The molecule has 1 fully saturated rings. The van der Waals surface area contributed by atoms with Gasteiger partial charge < -0.3 is 14.4 Å². The van der Waals surface area contributed by atoms with Crippen LogP contribution in [0.15, 0.2) is 54.7 Å². The van der Waals surface area contributed by atoms with E-state index in [1.54, 1.807) is 10.7 Å². The van der Waals surface area contributed by atoms with Crippen LogP contribution in [0, 0.1) is 17.2 Å². The number of aromatic nitrogens is 4. The number of aliphatic carboxylic acids is 1. The molecule has 0 amide bonds. The lowest BCUT2D eigenvalue weighted by molar-refractivity contribution is -0.143. The van der Waals surface area contributed by atoms with Crippen LogP contribution in [-0.2, 0) is 25.0 Å². The second-order valence-corrected chi connectivity index (χ2v) is 9.12. The number of rotatable bonds is 7. The molecule has 0 bridgehead atoms. The van der Waals surface area contributed by atoms with Crippen molar-refractivity contribution in [2.24, 2.45) is 13.0 Å². The average Bonchev–Trinajstić information content (AvgIpc) is 3.45. The summed E-state index contributed by atoms with van der Waals surface area (Å²) in [6.45, 7) is 0.842. The molecular weight excluding hydrogens is 442 g/mol. The highest BCUT2D eigenvalue weighted by molar-refractivity contribution is 5.79. The summed E-state index contributed by atoms with van der Waals surface area (Å²) in [5.74, 6) is 0.103. The van der Waals surface area contributed by atoms with E-state index in [0.717, 1.165) is 47.4 Å². The van der Waals surface area contributed by atoms with E-state index in [0.29, 0.717) is 30.9 Å². The van der Waals surface area contributed by atoms with Gasteiger partial charge in [0.15, 0.2) is 0 Å². The fraction of sp³-hybridized carbons (Fsp3) is 0.333. The Bertz CT molecular complexity index is 1410. The summed E-state index contributed by atoms with van der Waals surface area (Å²) in [6, 6.07) is 17.4. The monoisotopic (exact) mass is 469 g/mol.